The average Bonchev–Trinajstić information content (AvgIpc) is 1.72. The molecule has 0 spiro atoms. The standard InChI is InChI=1S/C3H2N3/c1-3-2-6(1)5-4-3/h1-2H. The Morgan fingerprint density at radius 2 is 2.50 bits per heavy atom. The van der Waals surface area contributed by atoms with Crippen LogP contribution in [0.25, 0.3) is 0 Å². The third-order valence-electron chi connectivity index (χ3n) is 0.793. The summed E-state index contributed by atoms with van der Waals surface area (Å²) in [6.45, 7) is 1.86. The molecule has 0 atom stereocenters. The molecule has 2 bridgehead atoms. The molecule has 0 amide bonds. The van der Waals surface area contributed by atoms with E-state index in [2.05, 4.69) is 10.3 Å². The Hall–Kier alpha value is -0.860. The van der Waals surface area contributed by atoms with E-state index in [0.717, 1.165) is 5.69 Å². The van der Waals surface area contributed by atoms with E-state index in [4.69, 9.17) is 0 Å². The van der Waals surface area contributed by atoms with Crippen molar-refractivity contribution in [2.24, 2.45) is 0 Å². The quantitative estimate of drug-likeness (QED) is 0.433. The highest BCUT2D eigenvalue weighted by molar-refractivity contribution is 5.16. The van der Waals surface area contributed by atoms with Crippen molar-refractivity contribution < 1.29 is 0 Å². The second-order valence-corrected chi connectivity index (χ2v) is 1.25. The van der Waals surface area contributed by atoms with Gasteiger partial charge in [-0.2, -0.15) is 0 Å². The molecule has 0 unspecified atom stereocenters. The minimum absolute atomic E-state index is 0.981. The molecule has 3 nitrogen and oxygen atoms in total. The van der Waals surface area contributed by atoms with Crippen molar-refractivity contribution in [3.63, 3.8) is 0 Å². The van der Waals surface area contributed by atoms with E-state index < -0.39 is 0 Å². The van der Waals surface area contributed by atoms with Gasteiger partial charge in [0.1, 0.15) is 12.2 Å². The van der Waals surface area contributed by atoms with E-state index in [0.29, 0.717) is 0 Å². The van der Waals surface area contributed by atoms with E-state index >= 15 is 0 Å². The van der Waals surface area contributed by atoms with Crippen LogP contribution in [0.2, 0.25) is 0 Å². The first-order valence-corrected chi connectivity index (χ1v) is 1.72. The number of fused-ring (bicyclic) bond motifs is 1. The van der Waals surface area contributed by atoms with Crippen LogP contribution < -0.4 is 0 Å². The van der Waals surface area contributed by atoms with Crippen LogP contribution in [0.4, 0.5) is 0 Å². The summed E-state index contributed by atoms with van der Waals surface area (Å²) in [5, 5.41) is 7.29. The molecule has 2 aliphatic rings. The normalized spacial score (nSPS) is 14.0. The van der Waals surface area contributed by atoms with Gasteiger partial charge in [-0.15, -0.1) is 5.10 Å². The van der Waals surface area contributed by atoms with Crippen LogP contribution in [0.15, 0.2) is 6.20 Å². The molecule has 0 aromatic carbocycles. The number of rotatable bonds is 0. The maximum Gasteiger partial charge on any atom is 0.127 e. The SMILES string of the molecule is [CH]1c2cn1nn2. The van der Waals surface area contributed by atoms with Gasteiger partial charge in [0.15, 0.2) is 0 Å². The number of aromatic nitrogens is 3. The van der Waals surface area contributed by atoms with Gasteiger partial charge in [0.2, 0.25) is 0 Å². The lowest BCUT2D eigenvalue weighted by atomic mass is 10.4. The molecule has 3 heterocycles. The Kier molecular flexibility index (Phi) is 0.190. The monoisotopic (exact) mass is 80.0 g/mol. The highest BCUT2D eigenvalue weighted by Gasteiger charge is 2.10. The zero-order valence-electron chi connectivity index (χ0n) is 3.00. The molecular weight excluding hydrogens is 78.1 g/mol. The van der Waals surface area contributed by atoms with Crippen molar-refractivity contribution in [2.75, 3.05) is 0 Å². The van der Waals surface area contributed by atoms with Gasteiger partial charge in [0.25, 0.3) is 0 Å². The van der Waals surface area contributed by atoms with Crippen molar-refractivity contribution in [1.29, 1.82) is 0 Å². The highest BCUT2D eigenvalue weighted by Crippen LogP contribution is 2.07. The fraction of sp³-hybridized carbons (Fsp3) is 0. The third-order valence-corrected chi connectivity index (χ3v) is 0.793. The molecule has 3 rings (SSSR count). The number of hydrogen-bond acceptors (Lipinski definition) is 2. The first-order valence-electron chi connectivity index (χ1n) is 1.72. The Morgan fingerprint density at radius 3 is 2.67 bits per heavy atom. The van der Waals surface area contributed by atoms with Gasteiger partial charge >= 0.3 is 0 Å². The first-order chi connectivity index (χ1) is 2.95. The second-order valence-electron chi connectivity index (χ2n) is 1.25. The first kappa shape index (κ1) is 2.34. The molecule has 1 radical (unpaired) electrons. The zero-order valence-corrected chi connectivity index (χ0v) is 3.00. The summed E-state index contributed by atoms with van der Waals surface area (Å²) in [6.07, 6.45) is 1.86. The molecule has 0 fully saturated rings. The molecule has 0 aliphatic carbocycles. The van der Waals surface area contributed by atoms with Crippen molar-refractivity contribution in [3.05, 3.63) is 18.4 Å². The maximum atomic E-state index is 3.67. The molecule has 0 saturated carbocycles. The van der Waals surface area contributed by atoms with Crippen molar-refractivity contribution in [3.8, 4) is 0 Å². The van der Waals surface area contributed by atoms with Crippen LogP contribution in [0, 0.1) is 6.54 Å². The van der Waals surface area contributed by atoms with Crippen LogP contribution in [-0.4, -0.2) is 15.0 Å². The molecule has 29 valence electrons. The molecule has 0 saturated heterocycles. The summed E-state index contributed by atoms with van der Waals surface area (Å²) in [7, 11) is 0. The molecule has 2 aliphatic heterocycles. The van der Waals surface area contributed by atoms with Gasteiger partial charge in [-0.1, -0.05) is 5.21 Å². The predicted octanol–water partition coefficient (Wildman–Crippen LogP) is -0.350. The Balaban J connectivity index is 2.95. The van der Waals surface area contributed by atoms with Crippen LogP contribution in [0.3, 0.4) is 0 Å². The summed E-state index contributed by atoms with van der Waals surface area (Å²) in [4.78, 5) is 0. The Morgan fingerprint density at radius 1 is 1.67 bits per heavy atom. The number of hydrogen-bond donors (Lipinski definition) is 0. The van der Waals surface area contributed by atoms with Gasteiger partial charge in [-0.05, 0) is 0 Å². The van der Waals surface area contributed by atoms with E-state index in [1.54, 1.807) is 4.68 Å². The smallest absolute Gasteiger partial charge is 0.127 e. The van der Waals surface area contributed by atoms with Crippen LogP contribution >= 0.6 is 0 Å². The summed E-state index contributed by atoms with van der Waals surface area (Å²) in [5.74, 6) is 0. The largest absolute Gasteiger partial charge is 0.240 e. The molecular formula is C3H2N3. The van der Waals surface area contributed by atoms with E-state index in [9.17, 15) is 0 Å². The molecule has 0 N–H and O–H groups in total. The summed E-state index contributed by atoms with van der Waals surface area (Å²) in [6, 6.07) is 0. The summed E-state index contributed by atoms with van der Waals surface area (Å²) in [5.41, 5.74) is 0.981. The zero-order chi connectivity index (χ0) is 3.98. The van der Waals surface area contributed by atoms with Crippen LogP contribution in [0.1, 0.15) is 5.69 Å². The fourth-order valence-electron chi connectivity index (χ4n) is 0.466. The van der Waals surface area contributed by atoms with E-state index in [-0.39, 0.29) is 0 Å². The van der Waals surface area contributed by atoms with Gasteiger partial charge in [-0.3, -0.25) is 0 Å². The predicted molar refractivity (Wildman–Crippen MR) is 18.8 cm³/mol. The van der Waals surface area contributed by atoms with Gasteiger partial charge in [0, 0.05) is 0 Å². The van der Waals surface area contributed by atoms with Gasteiger partial charge in [0.05, 0.1) is 6.20 Å². The fourth-order valence-corrected chi connectivity index (χ4v) is 0.466. The van der Waals surface area contributed by atoms with Crippen molar-refractivity contribution >= 4 is 0 Å². The van der Waals surface area contributed by atoms with Crippen LogP contribution in [-0.2, 0) is 0 Å². The van der Waals surface area contributed by atoms with E-state index in [1.807, 2.05) is 12.7 Å². The van der Waals surface area contributed by atoms with Crippen molar-refractivity contribution in [1.82, 2.24) is 15.0 Å². The Bertz CT molecular complexity index is 142. The minimum Gasteiger partial charge on any atom is -0.240 e. The minimum atomic E-state index is 0.981. The van der Waals surface area contributed by atoms with Gasteiger partial charge in [-0.25, -0.2) is 4.68 Å². The maximum absolute atomic E-state index is 3.67. The van der Waals surface area contributed by atoms with Crippen molar-refractivity contribution in [2.45, 2.75) is 0 Å². The highest BCUT2D eigenvalue weighted by atomic mass is 15.5. The van der Waals surface area contributed by atoms with Crippen LogP contribution in [0.5, 0.6) is 0 Å². The topological polar surface area (TPSA) is 30.7 Å². The molecule has 6 heavy (non-hydrogen) atoms. The van der Waals surface area contributed by atoms with Gasteiger partial charge < -0.3 is 0 Å². The number of nitrogens with zero attached hydrogens (tertiary/aromatic N) is 3. The lowest BCUT2D eigenvalue weighted by Gasteiger charge is -1.96. The Labute approximate surface area is 34.6 Å². The average molecular weight is 80.1 g/mol. The molecule has 1 aromatic rings. The molecule has 3 heteroatoms. The lowest BCUT2D eigenvalue weighted by molar-refractivity contribution is 0.784. The summed E-state index contributed by atoms with van der Waals surface area (Å²) >= 11 is 0. The lowest BCUT2D eigenvalue weighted by Crippen LogP contribution is -1.99. The summed E-state index contributed by atoms with van der Waals surface area (Å²) < 4.78 is 1.68. The molecule has 1 aromatic heterocycles. The third kappa shape index (κ3) is 0.0976. The van der Waals surface area contributed by atoms with E-state index in [1.165, 1.54) is 0 Å². The second kappa shape index (κ2) is 0.489.